The molecule has 11 heteroatoms. The van der Waals surface area contributed by atoms with Crippen molar-refractivity contribution in [2.75, 3.05) is 52.5 Å². The topological polar surface area (TPSA) is 114 Å². The van der Waals surface area contributed by atoms with Crippen LogP contribution in [-0.2, 0) is 19.6 Å². The molecule has 0 aromatic heterocycles. The SMILES string of the molecule is O=C(COc1ccccc1)NCC(=O)N1CCN(S(=O)(=O)c2ccc3c(c2)OCCO3)CC1. The molecule has 4 rings (SSSR count). The van der Waals surface area contributed by atoms with Gasteiger partial charge in [-0.05, 0) is 24.3 Å². The number of fused-ring (bicyclic) bond motifs is 1. The molecular weight excluding hydrogens is 450 g/mol. The number of carbonyl (C=O) groups is 2. The van der Waals surface area contributed by atoms with Gasteiger partial charge in [0.15, 0.2) is 18.1 Å². The maximum absolute atomic E-state index is 13.0. The molecule has 10 nitrogen and oxygen atoms in total. The first-order valence-electron chi connectivity index (χ1n) is 10.6. The van der Waals surface area contributed by atoms with Crippen LogP contribution in [0.4, 0.5) is 0 Å². The van der Waals surface area contributed by atoms with E-state index in [1.54, 1.807) is 30.3 Å². The van der Waals surface area contributed by atoms with Crippen LogP contribution in [0.2, 0.25) is 0 Å². The first-order chi connectivity index (χ1) is 15.9. The highest BCUT2D eigenvalue weighted by molar-refractivity contribution is 7.89. The van der Waals surface area contributed by atoms with Crippen molar-refractivity contribution >= 4 is 21.8 Å². The fourth-order valence-electron chi connectivity index (χ4n) is 3.51. The molecule has 0 bridgehead atoms. The van der Waals surface area contributed by atoms with Gasteiger partial charge in [-0.2, -0.15) is 4.31 Å². The maximum Gasteiger partial charge on any atom is 0.258 e. The molecule has 2 aromatic carbocycles. The molecule has 33 heavy (non-hydrogen) atoms. The first kappa shape index (κ1) is 22.9. The van der Waals surface area contributed by atoms with Crippen LogP contribution in [0.15, 0.2) is 53.4 Å². The van der Waals surface area contributed by atoms with Crippen molar-refractivity contribution in [2.45, 2.75) is 4.90 Å². The zero-order chi connectivity index (χ0) is 23.3. The minimum atomic E-state index is -3.73. The third-order valence-corrected chi connectivity index (χ3v) is 7.19. The van der Waals surface area contributed by atoms with Crippen LogP contribution in [0.1, 0.15) is 0 Å². The van der Waals surface area contributed by atoms with Gasteiger partial charge in [0.25, 0.3) is 5.91 Å². The van der Waals surface area contributed by atoms with E-state index in [0.717, 1.165) is 0 Å². The van der Waals surface area contributed by atoms with Crippen molar-refractivity contribution in [2.24, 2.45) is 0 Å². The van der Waals surface area contributed by atoms with E-state index in [1.165, 1.54) is 21.3 Å². The van der Waals surface area contributed by atoms with E-state index in [1.807, 2.05) is 6.07 Å². The lowest BCUT2D eigenvalue weighted by molar-refractivity contribution is -0.134. The number of amides is 2. The van der Waals surface area contributed by atoms with Crippen molar-refractivity contribution in [3.05, 3.63) is 48.5 Å². The monoisotopic (exact) mass is 475 g/mol. The molecule has 0 saturated carbocycles. The molecule has 2 aliphatic heterocycles. The number of benzene rings is 2. The number of hydrogen-bond donors (Lipinski definition) is 1. The Morgan fingerprint density at radius 1 is 0.939 bits per heavy atom. The number of ether oxygens (including phenoxy) is 3. The predicted octanol–water partition coefficient (Wildman–Crippen LogP) is 0.486. The van der Waals surface area contributed by atoms with E-state index in [9.17, 15) is 18.0 Å². The van der Waals surface area contributed by atoms with E-state index < -0.39 is 15.9 Å². The number of sulfonamides is 1. The summed E-state index contributed by atoms with van der Waals surface area (Å²) in [5.74, 6) is 0.802. The lowest BCUT2D eigenvalue weighted by Gasteiger charge is -2.34. The van der Waals surface area contributed by atoms with Crippen molar-refractivity contribution < 1.29 is 32.2 Å². The molecule has 0 atom stereocenters. The van der Waals surface area contributed by atoms with E-state index in [2.05, 4.69) is 5.32 Å². The molecule has 0 aliphatic carbocycles. The maximum atomic E-state index is 13.0. The van der Waals surface area contributed by atoms with Gasteiger partial charge in [0.2, 0.25) is 15.9 Å². The Kier molecular flexibility index (Phi) is 6.99. The van der Waals surface area contributed by atoms with Gasteiger partial charge in [0.1, 0.15) is 19.0 Å². The van der Waals surface area contributed by atoms with E-state index in [0.29, 0.717) is 30.5 Å². The van der Waals surface area contributed by atoms with Gasteiger partial charge in [-0.3, -0.25) is 9.59 Å². The summed E-state index contributed by atoms with van der Waals surface area (Å²) in [6.45, 7) is 1.21. The van der Waals surface area contributed by atoms with Gasteiger partial charge >= 0.3 is 0 Å². The highest BCUT2D eigenvalue weighted by Gasteiger charge is 2.31. The van der Waals surface area contributed by atoms with E-state index in [4.69, 9.17) is 14.2 Å². The summed E-state index contributed by atoms with van der Waals surface area (Å²) < 4.78 is 43.6. The largest absolute Gasteiger partial charge is 0.486 e. The van der Waals surface area contributed by atoms with Crippen LogP contribution < -0.4 is 19.5 Å². The second-order valence-corrected chi connectivity index (χ2v) is 9.41. The third-order valence-electron chi connectivity index (χ3n) is 5.29. The van der Waals surface area contributed by atoms with Gasteiger partial charge in [-0.25, -0.2) is 8.42 Å². The Morgan fingerprint density at radius 2 is 1.64 bits per heavy atom. The van der Waals surface area contributed by atoms with Crippen molar-refractivity contribution in [1.82, 2.24) is 14.5 Å². The van der Waals surface area contributed by atoms with Gasteiger partial charge in [0, 0.05) is 32.2 Å². The summed E-state index contributed by atoms with van der Waals surface area (Å²) in [4.78, 5) is 26.0. The smallest absolute Gasteiger partial charge is 0.258 e. The number of nitrogens with one attached hydrogen (secondary N) is 1. The molecule has 2 aliphatic rings. The van der Waals surface area contributed by atoms with Crippen LogP contribution in [0.3, 0.4) is 0 Å². The zero-order valence-corrected chi connectivity index (χ0v) is 18.8. The van der Waals surface area contributed by atoms with Gasteiger partial charge < -0.3 is 24.4 Å². The molecular formula is C22H25N3O7S. The van der Waals surface area contributed by atoms with Crippen LogP contribution in [0.5, 0.6) is 17.2 Å². The average Bonchev–Trinajstić information content (AvgIpc) is 2.86. The number of piperazine rings is 1. The quantitative estimate of drug-likeness (QED) is 0.620. The van der Waals surface area contributed by atoms with Gasteiger partial charge in [-0.1, -0.05) is 18.2 Å². The Hall–Kier alpha value is -3.31. The Bertz CT molecular complexity index is 1100. The molecule has 2 amide bonds. The van der Waals surface area contributed by atoms with Crippen LogP contribution in [0.25, 0.3) is 0 Å². The summed E-state index contributed by atoms with van der Waals surface area (Å²) in [6.07, 6.45) is 0. The molecule has 1 N–H and O–H groups in total. The Labute approximate surface area is 192 Å². The van der Waals surface area contributed by atoms with Crippen molar-refractivity contribution in [1.29, 1.82) is 0 Å². The van der Waals surface area contributed by atoms with Gasteiger partial charge in [0.05, 0.1) is 11.4 Å². The van der Waals surface area contributed by atoms with Crippen LogP contribution in [0, 0.1) is 0 Å². The standard InChI is InChI=1S/C22H25N3O7S/c26-21(16-32-17-4-2-1-3-5-17)23-15-22(27)24-8-10-25(11-9-24)33(28,29)18-6-7-19-20(14-18)31-13-12-30-19/h1-7,14H,8-13,15-16H2,(H,23,26). The summed E-state index contributed by atoms with van der Waals surface area (Å²) in [5, 5.41) is 2.53. The normalized spacial score (nSPS) is 16.2. The number of hydrogen-bond acceptors (Lipinski definition) is 7. The molecule has 1 saturated heterocycles. The van der Waals surface area contributed by atoms with Gasteiger partial charge in [-0.15, -0.1) is 0 Å². The molecule has 0 radical (unpaired) electrons. The van der Waals surface area contributed by atoms with E-state index >= 15 is 0 Å². The summed E-state index contributed by atoms with van der Waals surface area (Å²) in [5.41, 5.74) is 0. The minimum absolute atomic E-state index is 0.122. The van der Waals surface area contributed by atoms with Crippen LogP contribution in [-0.4, -0.2) is 82.0 Å². The molecule has 0 unspecified atom stereocenters. The summed E-state index contributed by atoms with van der Waals surface area (Å²) in [7, 11) is -3.73. The summed E-state index contributed by atoms with van der Waals surface area (Å²) >= 11 is 0. The Morgan fingerprint density at radius 3 is 2.36 bits per heavy atom. The molecule has 176 valence electrons. The van der Waals surface area contributed by atoms with Crippen molar-refractivity contribution in [3.63, 3.8) is 0 Å². The predicted molar refractivity (Wildman–Crippen MR) is 118 cm³/mol. The second kappa shape index (κ2) is 10.1. The number of rotatable bonds is 7. The summed E-state index contributed by atoms with van der Waals surface area (Å²) in [6, 6.07) is 13.4. The van der Waals surface area contributed by atoms with Crippen LogP contribution >= 0.6 is 0 Å². The molecule has 0 spiro atoms. The number of nitrogens with zero attached hydrogens (tertiary/aromatic N) is 2. The minimum Gasteiger partial charge on any atom is -0.486 e. The number of para-hydroxylation sites is 1. The highest BCUT2D eigenvalue weighted by Crippen LogP contribution is 2.33. The molecule has 2 heterocycles. The van der Waals surface area contributed by atoms with E-state index in [-0.39, 0.29) is 50.1 Å². The second-order valence-electron chi connectivity index (χ2n) is 7.47. The molecule has 2 aromatic rings. The molecule has 1 fully saturated rings. The fraction of sp³-hybridized carbons (Fsp3) is 0.364. The average molecular weight is 476 g/mol. The number of carbonyl (C=O) groups excluding carboxylic acids is 2. The first-order valence-corrected chi connectivity index (χ1v) is 12.0. The zero-order valence-electron chi connectivity index (χ0n) is 17.9. The van der Waals surface area contributed by atoms with Crippen molar-refractivity contribution in [3.8, 4) is 17.2 Å². The third kappa shape index (κ3) is 5.55. The lowest BCUT2D eigenvalue weighted by atomic mass is 10.3. The highest BCUT2D eigenvalue weighted by atomic mass is 32.2. The fourth-order valence-corrected chi connectivity index (χ4v) is 4.95. The lowest BCUT2D eigenvalue weighted by Crippen LogP contribution is -2.52. The Balaban J connectivity index is 1.25.